The van der Waals surface area contributed by atoms with Crippen LogP contribution in [0.5, 0.6) is 0 Å². The summed E-state index contributed by atoms with van der Waals surface area (Å²) in [4.78, 5) is 17.4. The zero-order valence-corrected chi connectivity index (χ0v) is 15.1. The number of benzene rings is 2. The van der Waals surface area contributed by atoms with Crippen LogP contribution in [0.4, 0.5) is 0 Å². The molecule has 0 aliphatic carbocycles. The predicted octanol–water partition coefficient (Wildman–Crippen LogP) is 3.00. The SMILES string of the molecule is O=c1c2ccccc2c(-c2ccccc2)nn1Cc1nc([C@H]2CCOC2)no1. The highest BCUT2D eigenvalue weighted by atomic mass is 16.5. The van der Waals surface area contributed by atoms with Crippen molar-refractivity contribution in [3.63, 3.8) is 0 Å². The van der Waals surface area contributed by atoms with Gasteiger partial charge in [0.2, 0.25) is 5.89 Å². The fourth-order valence-electron chi connectivity index (χ4n) is 3.52. The van der Waals surface area contributed by atoms with Gasteiger partial charge in [0.1, 0.15) is 6.54 Å². The molecule has 1 aliphatic rings. The zero-order valence-electron chi connectivity index (χ0n) is 15.1. The number of rotatable bonds is 4. The van der Waals surface area contributed by atoms with E-state index in [0.717, 1.165) is 23.1 Å². The number of hydrogen-bond donors (Lipinski definition) is 0. The molecule has 7 heteroatoms. The molecule has 2 aromatic heterocycles. The van der Waals surface area contributed by atoms with E-state index in [1.165, 1.54) is 4.68 Å². The van der Waals surface area contributed by atoms with Gasteiger partial charge < -0.3 is 9.26 Å². The maximum atomic E-state index is 13.0. The summed E-state index contributed by atoms with van der Waals surface area (Å²) in [5, 5.41) is 10.1. The van der Waals surface area contributed by atoms with Crippen LogP contribution in [0.2, 0.25) is 0 Å². The first-order chi connectivity index (χ1) is 13.8. The second-order valence-electron chi connectivity index (χ2n) is 6.83. The minimum absolute atomic E-state index is 0.129. The van der Waals surface area contributed by atoms with Crippen LogP contribution in [-0.4, -0.2) is 33.1 Å². The fraction of sp³-hybridized carbons (Fsp3) is 0.238. The Hall–Kier alpha value is -3.32. The molecule has 1 aliphatic heterocycles. The molecule has 0 N–H and O–H groups in total. The number of aromatic nitrogens is 4. The lowest BCUT2D eigenvalue weighted by molar-refractivity contribution is 0.192. The Balaban J connectivity index is 1.58. The van der Waals surface area contributed by atoms with E-state index in [1.807, 2.05) is 54.6 Å². The molecule has 1 saturated heterocycles. The second-order valence-corrected chi connectivity index (χ2v) is 6.83. The van der Waals surface area contributed by atoms with Crippen molar-refractivity contribution < 1.29 is 9.26 Å². The van der Waals surface area contributed by atoms with Gasteiger partial charge in [-0.25, -0.2) is 4.68 Å². The Morgan fingerprint density at radius 1 is 1.04 bits per heavy atom. The van der Waals surface area contributed by atoms with E-state index < -0.39 is 0 Å². The van der Waals surface area contributed by atoms with Crippen molar-refractivity contribution in [2.45, 2.75) is 18.9 Å². The first-order valence-corrected chi connectivity index (χ1v) is 9.25. The standard InChI is InChI=1S/C21H18N4O3/c26-21-17-9-5-4-8-16(17)19(14-6-2-1-3-7-14)23-25(21)12-18-22-20(24-28-18)15-10-11-27-13-15/h1-9,15H,10-13H2/t15-/m0/s1. The molecular weight excluding hydrogens is 356 g/mol. The first kappa shape index (κ1) is 16.8. The highest BCUT2D eigenvalue weighted by molar-refractivity contribution is 5.93. The molecular formula is C21H18N4O3. The van der Waals surface area contributed by atoms with Crippen LogP contribution >= 0.6 is 0 Å². The molecule has 1 fully saturated rings. The summed E-state index contributed by atoms with van der Waals surface area (Å²) in [6, 6.07) is 17.3. The van der Waals surface area contributed by atoms with Gasteiger partial charge in [0, 0.05) is 23.5 Å². The zero-order chi connectivity index (χ0) is 18.9. The third-order valence-electron chi connectivity index (χ3n) is 4.98. The lowest BCUT2D eigenvalue weighted by Crippen LogP contribution is -2.24. The first-order valence-electron chi connectivity index (χ1n) is 9.25. The topological polar surface area (TPSA) is 83.0 Å². The van der Waals surface area contributed by atoms with Gasteiger partial charge >= 0.3 is 0 Å². The maximum absolute atomic E-state index is 13.0. The van der Waals surface area contributed by atoms with Crippen molar-refractivity contribution >= 4 is 10.8 Å². The maximum Gasteiger partial charge on any atom is 0.275 e. The normalized spacial score (nSPS) is 16.6. The third kappa shape index (κ3) is 2.99. The number of hydrogen-bond acceptors (Lipinski definition) is 6. The van der Waals surface area contributed by atoms with Crippen molar-refractivity contribution in [2.75, 3.05) is 13.2 Å². The minimum Gasteiger partial charge on any atom is -0.381 e. The monoisotopic (exact) mass is 374 g/mol. The number of ether oxygens (including phenoxy) is 1. The van der Waals surface area contributed by atoms with E-state index in [1.54, 1.807) is 0 Å². The van der Waals surface area contributed by atoms with E-state index in [0.29, 0.717) is 30.3 Å². The van der Waals surface area contributed by atoms with Crippen LogP contribution in [0.1, 0.15) is 24.1 Å². The molecule has 1 atom stereocenters. The van der Waals surface area contributed by atoms with Crippen molar-refractivity contribution in [3.05, 3.63) is 76.7 Å². The highest BCUT2D eigenvalue weighted by Crippen LogP contribution is 2.25. The molecule has 28 heavy (non-hydrogen) atoms. The lowest BCUT2D eigenvalue weighted by atomic mass is 10.1. The smallest absolute Gasteiger partial charge is 0.275 e. The Morgan fingerprint density at radius 3 is 2.61 bits per heavy atom. The van der Waals surface area contributed by atoms with Gasteiger partial charge in [0.05, 0.1) is 17.7 Å². The summed E-state index contributed by atoms with van der Waals surface area (Å²) in [5.74, 6) is 1.15. The van der Waals surface area contributed by atoms with Crippen molar-refractivity contribution in [2.24, 2.45) is 0 Å². The summed E-state index contributed by atoms with van der Waals surface area (Å²) in [7, 11) is 0. The molecule has 5 rings (SSSR count). The van der Waals surface area contributed by atoms with Crippen LogP contribution in [-0.2, 0) is 11.3 Å². The van der Waals surface area contributed by atoms with E-state index in [-0.39, 0.29) is 18.0 Å². The van der Waals surface area contributed by atoms with Gasteiger partial charge in [-0.2, -0.15) is 10.1 Å². The molecule has 0 radical (unpaired) electrons. The Morgan fingerprint density at radius 2 is 1.82 bits per heavy atom. The average molecular weight is 374 g/mol. The Labute approximate surface area is 160 Å². The predicted molar refractivity (Wildman–Crippen MR) is 103 cm³/mol. The van der Waals surface area contributed by atoms with Crippen LogP contribution in [0, 0.1) is 0 Å². The molecule has 0 bridgehead atoms. The molecule has 7 nitrogen and oxygen atoms in total. The molecule has 0 spiro atoms. The van der Waals surface area contributed by atoms with Gasteiger partial charge in [-0.3, -0.25) is 4.79 Å². The summed E-state index contributed by atoms with van der Waals surface area (Å²) in [5.41, 5.74) is 1.51. The summed E-state index contributed by atoms with van der Waals surface area (Å²) < 4.78 is 12.2. The van der Waals surface area contributed by atoms with Crippen LogP contribution in [0.15, 0.2) is 63.9 Å². The molecule has 0 amide bonds. The van der Waals surface area contributed by atoms with E-state index >= 15 is 0 Å². The quantitative estimate of drug-likeness (QED) is 0.546. The van der Waals surface area contributed by atoms with Gasteiger partial charge in [0.25, 0.3) is 5.56 Å². The summed E-state index contributed by atoms with van der Waals surface area (Å²) >= 11 is 0. The number of nitrogens with zero attached hydrogens (tertiary/aromatic N) is 4. The van der Waals surface area contributed by atoms with Gasteiger partial charge in [-0.05, 0) is 12.5 Å². The molecule has 4 aromatic rings. The average Bonchev–Trinajstić information content (AvgIpc) is 3.43. The molecule has 2 aromatic carbocycles. The van der Waals surface area contributed by atoms with Crippen LogP contribution in [0.3, 0.4) is 0 Å². The van der Waals surface area contributed by atoms with Crippen molar-refractivity contribution in [1.82, 2.24) is 19.9 Å². The van der Waals surface area contributed by atoms with Gasteiger partial charge in [0.15, 0.2) is 5.82 Å². The van der Waals surface area contributed by atoms with Crippen LogP contribution < -0.4 is 5.56 Å². The van der Waals surface area contributed by atoms with E-state index in [2.05, 4.69) is 15.2 Å². The fourth-order valence-corrected chi connectivity index (χ4v) is 3.52. The summed E-state index contributed by atoms with van der Waals surface area (Å²) in [6.45, 7) is 1.44. The Bertz CT molecular complexity index is 1180. The number of fused-ring (bicyclic) bond motifs is 1. The third-order valence-corrected chi connectivity index (χ3v) is 4.98. The highest BCUT2D eigenvalue weighted by Gasteiger charge is 2.23. The van der Waals surface area contributed by atoms with E-state index in [9.17, 15) is 4.79 Å². The van der Waals surface area contributed by atoms with Crippen molar-refractivity contribution in [3.8, 4) is 11.3 Å². The van der Waals surface area contributed by atoms with E-state index in [4.69, 9.17) is 9.26 Å². The van der Waals surface area contributed by atoms with Crippen molar-refractivity contribution in [1.29, 1.82) is 0 Å². The molecule has 3 heterocycles. The lowest BCUT2D eigenvalue weighted by Gasteiger charge is -2.10. The van der Waals surface area contributed by atoms with Crippen LogP contribution in [0.25, 0.3) is 22.0 Å². The second kappa shape index (κ2) is 7.01. The summed E-state index contributed by atoms with van der Waals surface area (Å²) in [6.07, 6.45) is 0.880. The molecule has 0 unspecified atom stereocenters. The Kier molecular flexibility index (Phi) is 4.21. The van der Waals surface area contributed by atoms with Gasteiger partial charge in [-0.1, -0.05) is 53.7 Å². The molecule has 0 saturated carbocycles. The largest absolute Gasteiger partial charge is 0.381 e. The van der Waals surface area contributed by atoms with Gasteiger partial charge in [-0.15, -0.1) is 0 Å². The molecule has 140 valence electrons. The minimum atomic E-state index is -0.181.